The van der Waals surface area contributed by atoms with Crippen molar-refractivity contribution in [3.05, 3.63) is 82.8 Å². The zero-order valence-corrected chi connectivity index (χ0v) is 19.4. The molecule has 0 saturated carbocycles. The van der Waals surface area contributed by atoms with E-state index in [1.54, 1.807) is 0 Å². The summed E-state index contributed by atoms with van der Waals surface area (Å²) in [6, 6.07) is 6.05. The van der Waals surface area contributed by atoms with E-state index in [2.05, 4.69) is 20.5 Å². The van der Waals surface area contributed by atoms with Crippen molar-refractivity contribution in [1.82, 2.24) is 34.6 Å². The molecule has 0 aliphatic rings. The molecule has 2 atom stereocenters. The van der Waals surface area contributed by atoms with Crippen LogP contribution in [0, 0.1) is 11.6 Å². The number of ether oxygens (including phenoxy) is 1. The molecule has 2 aromatic heterocycles. The van der Waals surface area contributed by atoms with Crippen molar-refractivity contribution in [2.24, 2.45) is 0 Å². The smallest absolute Gasteiger partial charge is 0.368 e. The van der Waals surface area contributed by atoms with Crippen molar-refractivity contribution in [3.63, 3.8) is 0 Å². The molecule has 2 aromatic carbocycles. The molecule has 0 amide bonds. The molecule has 202 valence electrons. The Morgan fingerprint density at radius 2 is 1.79 bits per heavy atom. The van der Waals surface area contributed by atoms with Gasteiger partial charge in [0.15, 0.2) is 6.61 Å². The molecule has 0 radical (unpaired) electrons. The van der Waals surface area contributed by atoms with E-state index in [1.807, 2.05) is 0 Å². The third kappa shape index (κ3) is 5.25. The third-order valence-corrected chi connectivity index (χ3v) is 5.76. The molecule has 4 aromatic rings. The summed E-state index contributed by atoms with van der Waals surface area (Å²) in [5, 5.41) is 23.0. The van der Waals surface area contributed by atoms with Crippen LogP contribution < -0.4 is 10.4 Å². The minimum atomic E-state index is -4.35. The summed E-state index contributed by atoms with van der Waals surface area (Å²) in [7, 11) is 0. The average Bonchev–Trinajstić information content (AvgIpc) is 3.52. The van der Waals surface area contributed by atoms with E-state index >= 15 is 0 Å². The number of tetrazole rings is 1. The lowest BCUT2D eigenvalue weighted by atomic mass is 9.86. The Bertz CT molecular complexity index is 1440. The van der Waals surface area contributed by atoms with E-state index in [9.17, 15) is 36.2 Å². The molecule has 0 aliphatic carbocycles. The van der Waals surface area contributed by atoms with Crippen molar-refractivity contribution >= 4 is 0 Å². The molecule has 0 bridgehead atoms. The van der Waals surface area contributed by atoms with E-state index in [0.717, 1.165) is 33.6 Å². The Morgan fingerprint density at radius 3 is 2.39 bits per heavy atom. The maximum absolute atomic E-state index is 14.8. The Hall–Kier alpha value is -4.21. The first-order chi connectivity index (χ1) is 17.9. The Balaban J connectivity index is 1.64. The van der Waals surface area contributed by atoms with Crippen LogP contribution in [0.25, 0.3) is 5.69 Å². The lowest BCUT2D eigenvalue weighted by Gasteiger charge is -2.33. The van der Waals surface area contributed by atoms with E-state index < -0.39 is 54.5 Å². The second kappa shape index (κ2) is 10.3. The van der Waals surface area contributed by atoms with E-state index in [1.165, 1.54) is 36.4 Å². The highest BCUT2D eigenvalue weighted by molar-refractivity contribution is 5.36. The van der Waals surface area contributed by atoms with Gasteiger partial charge in [-0.25, -0.2) is 32.0 Å². The van der Waals surface area contributed by atoms with Gasteiger partial charge in [0.1, 0.15) is 35.6 Å². The quantitative estimate of drug-likeness (QED) is 0.306. The van der Waals surface area contributed by atoms with Crippen LogP contribution in [0.1, 0.15) is 18.5 Å². The second-order valence-electron chi connectivity index (χ2n) is 8.28. The largest absolute Gasteiger partial charge is 0.487 e. The van der Waals surface area contributed by atoms with Crippen molar-refractivity contribution < 1.29 is 36.2 Å². The fourth-order valence-electron chi connectivity index (χ4n) is 3.63. The number of aliphatic hydroxyl groups is 1. The van der Waals surface area contributed by atoms with Crippen LogP contribution in [0.5, 0.6) is 5.75 Å². The molecular weight excluding hydrogens is 524 g/mol. The molecule has 16 heteroatoms. The van der Waals surface area contributed by atoms with Crippen LogP contribution in [0.4, 0.5) is 26.3 Å². The SMILES string of the molecule is C[C@@H](n1nnn(-c2ccc(OCC(F)(F)C(F)F)cc2)c1=O)[C@](O)(Cn1cncn1)c1ccc(F)cc1F. The molecule has 0 unspecified atom stereocenters. The Labute approximate surface area is 209 Å². The van der Waals surface area contributed by atoms with Crippen LogP contribution in [0.15, 0.2) is 59.9 Å². The molecular formula is C22H19F6N7O3. The predicted octanol–water partition coefficient (Wildman–Crippen LogP) is 2.73. The van der Waals surface area contributed by atoms with Gasteiger partial charge in [0.05, 0.1) is 18.3 Å². The van der Waals surface area contributed by atoms with E-state index in [0.29, 0.717) is 6.07 Å². The Morgan fingerprint density at radius 1 is 1.08 bits per heavy atom. The van der Waals surface area contributed by atoms with Gasteiger partial charge >= 0.3 is 18.0 Å². The minimum Gasteiger partial charge on any atom is -0.487 e. The van der Waals surface area contributed by atoms with Gasteiger partial charge in [-0.1, -0.05) is 6.07 Å². The van der Waals surface area contributed by atoms with Crippen LogP contribution in [-0.2, 0) is 12.1 Å². The normalized spacial score (nSPS) is 14.4. The number of benzene rings is 2. The van der Waals surface area contributed by atoms with Crippen molar-refractivity contribution in [3.8, 4) is 11.4 Å². The average molecular weight is 543 g/mol. The number of hydrogen-bond acceptors (Lipinski definition) is 7. The lowest BCUT2D eigenvalue weighted by Crippen LogP contribution is -2.44. The van der Waals surface area contributed by atoms with Crippen LogP contribution >= 0.6 is 0 Å². The highest BCUT2D eigenvalue weighted by atomic mass is 19.3. The summed E-state index contributed by atoms with van der Waals surface area (Å²) >= 11 is 0. The number of rotatable bonds is 10. The minimum absolute atomic E-state index is 0.0919. The van der Waals surface area contributed by atoms with E-state index in [-0.39, 0.29) is 17.0 Å². The number of hydrogen-bond donors (Lipinski definition) is 1. The standard InChI is InChI=1S/C22H19F6N7O3/c1-13(21(37,9-33-12-29-11-30-33)17-7-2-14(23)8-18(17)24)34-20(36)35(32-31-34)15-3-5-16(6-4-15)38-10-22(27,28)19(25)26/h2-8,11-13,19,37H,9-10H2,1H3/t13-,21-/m1/s1. The fraction of sp³-hybridized carbons (Fsp3) is 0.318. The van der Waals surface area contributed by atoms with Crippen molar-refractivity contribution in [2.75, 3.05) is 6.61 Å². The summed E-state index contributed by atoms with van der Waals surface area (Å²) in [6.07, 6.45) is -1.47. The monoisotopic (exact) mass is 543 g/mol. The first-order valence-corrected chi connectivity index (χ1v) is 10.9. The number of aromatic nitrogens is 7. The summed E-state index contributed by atoms with van der Waals surface area (Å²) < 4.78 is 86.5. The van der Waals surface area contributed by atoms with Gasteiger partial charge in [-0.05, 0) is 47.7 Å². The molecule has 2 heterocycles. The summed E-state index contributed by atoms with van der Waals surface area (Å²) in [4.78, 5) is 16.9. The van der Waals surface area contributed by atoms with Crippen LogP contribution in [0.3, 0.4) is 0 Å². The maximum atomic E-state index is 14.8. The molecule has 4 rings (SSSR count). The topological polar surface area (TPSA) is 113 Å². The summed E-state index contributed by atoms with van der Waals surface area (Å²) in [5.41, 5.74) is -3.32. The van der Waals surface area contributed by atoms with Crippen LogP contribution in [0.2, 0.25) is 0 Å². The third-order valence-electron chi connectivity index (χ3n) is 5.76. The van der Waals surface area contributed by atoms with Crippen LogP contribution in [-0.4, -0.2) is 58.6 Å². The number of nitrogens with zero attached hydrogens (tertiary/aromatic N) is 7. The highest BCUT2D eigenvalue weighted by Crippen LogP contribution is 2.35. The summed E-state index contributed by atoms with van der Waals surface area (Å²) in [5.74, 6) is -6.47. The maximum Gasteiger partial charge on any atom is 0.368 e. The molecule has 0 spiro atoms. The van der Waals surface area contributed by atoms with Gasteiger partial charge in [0.25, 0.3) is 0 Å². The van der Waals surface area contributed by atoms with Gasteiger partial charge in [0, 0.05) is 11.6 Å². The van der Waals surface area contributed by atoms with Gasteiger partial charge in [-0.2, -0.15) is 23.2 Å². The first-order valence-electron chi connectivity index (χ1n) is 10.9. The molecule has 1 N–H and O–H groups in total. The van der Waals surface area contributed by atoms with E-state index in [4.69, 9.17) is 4.74 Å². The van der Waals surface area contributed by atoms with Gasteiger partial charge < -0.3 is 9.84 Å². The first kappa shape index (κ1) is 26.8. The van der Waals surface area contributed by atoms with Gasteiger partial charge in [-0.3, -0.25) is 0 Å². The molecule has 38 heavy (non-hydrogen) atoms. The van der Waals surface area contributed by atoms with Gasteiger partial charge in [-0.15, -0.1) is 0 Å². The highest BCUT2D eigenvalue weighted by Gasteiger charge is 2.43. The molecule has 0 fully saturated rings. The predicted molar refractivity (Wildman–Crippen MR) is 117 cm³/mol. The lowest BCUT2D eigenvalue weighted by molar-refractivity contribution is -0.148. The fourth-order valence-corrected chi connectivity index (χ4v) is 3.63. The van der Waals surface area contributed by atoms with Crippen molar-refractivity contribution in [2.45, 2.75) is 37.5 Å². The van der Waals surface area contributed by atoms with Gasteiger partial charge in [0.2, 0.25) is 0 Å². The Kier molecular flexibility index (Phi) is 7.26. The zero-order valence-electron chi connectivity index (χ0n) is 19.4. The van der Waals surface area contributed by atoms with Crippen molar-refractivity contribution in [1.29, 1.82) is 0 Å². The zero-order chi connectivity index (χ0) is 27.7. The molecule has 10 nitrogen and oxygen atoms in total. The summed E-state index contributed by atoms with van der Waals surface area (Å²) in [6.45, 7) is -0.590. The molecule has 0 saturated heterocycles. The number of alkyl halides is 4. The second-order valence-corrected chi connectivity index (χ2v) is 8.28. The number of halogens is 6. The molecule has 0 aliphatic heterocycles.